The lowest BCUT2D eigenvalue weighted by Crippen LogP contribution is -2.07. The highest BCUT2D eigenvalue weighted by Crippen LogP contribution is 2.38. The zero-order valence-corrected chi connectivity index (χ0v) is 10.2. The highest BCUT2D eigenvalue weighted by molar-refractivity contribution is 5.69. The van der Waals surface area contributed by atoms with Crippen molar-refractivity contribution in [1.82, 2.24) is 0 Å². The smallest absolute Gasteiger partial charge is 0.206 e. The summed E-state index contributed by atoms with van der Waals surface area (Å²) in [5, 5.41) is 8.59. The summed E-state index contributed by atoms with van der Waals surface area (Å²) in [7, 11) is 0. The Morgan fingerprint density at radius 3 is 2.25 bits per heavy atom. The highest BCUT2D eigenvalue weighted by atomic mass is 19.4. The van der Waals surface area contributed by atoms with Gasteiger partial charge in [-0.1, -0.05) is 36.4 Å². The SMILES string of the molecule is N#CCc1cccc(-c2ccccc2C(F)(F)F)c1F. The molecule has 0 unspecified atom stereocenters. The minimum atomic E-state index is -4.56. The van der Waals surface area contributed by atoms with Crippen molar-refractivity contribution in [2.24, 2.45) is 0 Å². The zero-order valence-electron chi connectivity index (χ0n) is 10.2. The van der Waals surface area contributed by atoms with Crippen molar-refractivity contribution >= 4 is 0 Å². The van der Waals surface area contributed by atoms with Crippen molar-refractivity contribution < 1.29 is 17.6 Å². The third-order valence-corrected chi connectivity index (χ3v) is 2.87. The van der Waals surface area contributed by atoms with Crippen LogP contribution in [0.4, 0.5) is 17.6 Å². The monoisotopic (exact) mass is 279 g/mol. The number of rotatable bonds is 2. The van der Waals surface area contributed by atoms with E-state index in [1.54, 1.807) is 6.07 Å². The Morgan fingerprint density at radius 2 is 1.60 bits per heavy atom. The van der Waals surface area contributed by atoms with E-state index in [1.165, 1.54) is 36.4 Å². The normalized spacial score (nSPS) is 11.2. The van der Waals surface area contributed by atoms with Gasteiger partial charge in [-0.05, 0) is 11.6 Å². The first-order chi connectivity index (χ1) is 9.45. The van der Waals surface area contributed by atoms with Crippen molar-refractivity contribution in [2.45, 2.75) is 12.6 Å². The van der Waals surface area contributed by atoms with Crippen molar-refractivity contribution in [3.8, 4) is 17.2 Å². The van der Waals surface area contributed by atoms with Crippen LogP contribution in [0.25, 0.3) is 11.1 Å². The van der Waals surface area contributed by atoms with Crippen LogP contribution in [0.1, 0.15) is 11.1 Å². The first-order valence-corrected chi connectivity index (χ1v) is 5.76. The lowest BCUT2D eigenvalue weighted by atomic mass is 9.96. The van der Waals surface area contributed by atoms with Gasteiger partial charge in [0.1, 0.15) is 5.82 Å². The number of halogens is 4. The molecular weight excluding hydrogens is 270 g/mol. The molecule has 0 spiro atoms. The quantitative estimate of drug-likeness (QED) is 0.738. The molecule has 0 N–H and O–H groups in total. The molecule has 5 heteroatoms. The fourth-order valence-electron chi connectivity index (χ4n) is 1.97. The Hall–Kier alpha value is -2.35. The molecule has 0 aliphatic rings. The van der Waals surface area contributed by atoms with Crippen LogP contribution in [0.2, 0.25) is 0 Å². The lowest BCUT2D eigenvalue weighted by molar-refractivity contribution is -0.137. The minimum Gasteiger partial charge on any atom is -0.206 e. The number of benzene rings is 2. The van der Waals surface area contributed by atoms with Crippen molar-refractivity contribution in [3.05, 3.63) is 59.4 Å². The molecule has 0 bridgehead atoms. The molecule has 0 saturated heterocycles. The van der Waals surface area contributed by atoms with Gasteiger partial charge in [-0.25, -0.2) is 4.39 Å². The maximum atomic E-state index is 14.2. The van der Waals surface area contributed by atoms with Gasteiger partial charge in [-0.2, -0.15) is 18.4 Å². The number of nitriles is 1. The van der Waals surface area contributed by atoms with Crippen LogP contribution in [0, 0.1) is 17.1 Å². The van der Waals surface area contributed by atoms with E-state index in [1.807, 2.05) is 0 Å². The number of hydrogen-bond acceptors (Lipinski definition) is 1. The molecule has 0 amide bonds. The van der Waals surface area contributed by atoms with Gasteiger partial charge in [0, 0.05) is 11.1 Å². The van der Waals surface area contributed by atoms with Crippen LogP contribution in [0.5, 0.6) is 0 Å². The Kier molecular flexibility index (Phi) is 3.75. The third kappa shape index (κ3) is 2.64. The van der Waals surface area contributed by atoms with Gasteiger partial charge in [0.15, 0.2) is 0 Å². The van der Waals surface area contributed by atoms with E-state index >= 15 is 0 Å². The molecule has 2 aromatic carbocycles. The van der Waals surface area contributed by atoms with Gasteiger partial charge in [-0.15, -0.1) is 0 Å². The highest BCUT2D eigenvalue weighted by Gasteiger charge is 2.33. The Labute approximate surface area is 113 Å². The Morgan fingerprint density at radius 1 is 0.950 bits per heavy atom. The van der Waals surface area contributed by atoms with Crippen LogP contribution in [-0.2, 0) is 12.6 Å². The van der Waals surface area contributed by atoms with Crippen LogP contribution >= 0.6 is 0 Å². The molecule has 0 fully saturated rings. The van der Waals surface area contributed by atoms with E-state index in [0.717, 1.165) is 6.07 Å². The molecule has 0 saturated carbocycles. The molecule has 0 atom stereocenters. The van der Waals surface area contributed by atoms with Crippen LogP contribution in [0.15, 0.2) is 42.5 Å². The van der Waals surface area contributed by atoms with E-state index in [9.17, 15) is 17.6 Å². The predicted molar refractivity (Wildman–Crippen MR) is 66.2 cm³/mol. The standard InChI is InChI=1S/C15H9F4N/c16-14-10(8-9-20)4-3-6-12(14)11-5-1-2-7-13(11)15(17,18)19/h1-7H,8H2. The zero-order chi connectivity index (χ0) is 14.8. The first-order valence-electron chi connectivity index (χ1n) is 5.76. The molecule has 2 rings (SSSR count). The Balaban J connectivity index is 2.65. The lowest BCUT2D eigenvalue weighted by Gasteiger charge is -2.14. The van der Waals surface area contributed by atoms with Gasteiger partial charge in [0.05, 0.1) is 18.1 Å². The van der Waals surface area contributed by atoms with Crippen molar-refractivity contribution in [2.75, 3.05) is 0 Å². The number of nitrogens with zero attached hydrogens (tertiary/aromatic N) is 1. The fourth-order valence-corrected chi connectivity index (χ4v) is 1.97. The summed E-state index contributed by atoms with van der Waals surface area (Å²) in [6, 6.07) is 10.7. The summed E-state index contributed by atoms with van der Waals surface area (Å²) in [5.74, 6) is -0.786. The third-order valence-electron chi connectivity index (χ3n) is 2.87. The predicted octanol–water partition coefficient (Wildman–Crippen LogP) is 4.58. The van der Waals surface area contributed by atoms with E-state index in [0.29, 0.717) is 0 Å². The molecule has 0 heterocycles. The second-order valence-electron chi connectivity index (χ2n) is 4.16. The summed E-state index contributed by atoms with van der Waals surface area (Å²) in [6.45, 7) is 0. The molecule has 1 nitrogen and oxygen atoms in total. The van der Waals surface area contributed by atoms with Gasteiger partial charge in [0.2, 0.25) is 0 Å². The van der Waals surface area contributed by atoms with Gasteiger partial charge in [-0.3, -0.25) is 0 Å². The van der Waals surface area contributed by atoms with Crippen LogP contribution < -0.4 is 0 Å². The molecule has 0 radical (unpaired) electrons. The molecule has 20 heavy (non-hydrogen) atoms. The second kappa shape index (κ2) is 5.33. The maximum absolute atomic E-state index is 14.2. The van der Waals surface area contributed by atoms with Gasteiger partial charge >= 0.3 is 6.18 Å². The molecule has 0 aliphatic carbocycles. The molecule has 0 aliphatic heterocycles. The number of alkyl halides is 3. The van der Waals surface area contributed by atoms with Crippen LogP contribution in [-0.4, -0.2) is 0 Å². The molecule has 0 aromatic heterocycles. The molecule has 102 valence electrons. The van der Waals surface area contributed by atoms with Crippen molar-refractivity contribution in [1.29, 1.82) is 5.26 Å². The van der Waals surface area contributed by atoms with E-state index in [4.69, 9.17) is 5.26 Å². The van der Waals surface area contributed by atoms with Crippen LogP contribution in [0.3, 0.4) is 0 Å². The summed E-state index contributed by atoms with van der Waals surface area (Å²) >= 11 is 0. The van der Waals surface area contributed by atoms with Gasteiger partial charge in [0.25, 0.3) is 0 Å². The Bertz CT molecular complexity index is 668. The minimum absolute atomic E-state index is 0.0852. The van der Waals surface area contributed by atoms with E-state index < -0.39 is 17.6 Å². The fraction of sp³-hybridized carbons (Fsp3) is 0.133. The largest absolute Gasteiger partial charge is 0.417 e. The number of hydrogen-bond donors (Lipinski definition) is 0. The van der Waals surface area contributed by atoms with Gasteiger partial charge < -0.3 is 0 Å². The molecule has 2 aromatic rings. The average Bonchev–Trinajstić information content (AvgIpc) is 2.40. The van der Waals surface area contributed by atoms with Crippen molar-refractivity contribution in [3.63, 3.8) is 0 Å². The van der Waals surface area contributed by atoms with E-state index in [2.05, 4.69) is 0 Å². The second-order valence-corrected chi connectivity index (χ2v) is 4.16. The first kappa shape index (κ1) is 14.1. The topological polar surface area (TPSA) is 23.8 Å². The summed E-state index contributed by atoms with van der Waals surface area (Å²) in [5.41, 5.74) is -1.18. The van der Waals surface area contributed by atoms with E-state index in [-0.39, 0.29) is 23.1 Å². The average molecular weight is 279 g/mol. The maximum Gasteiger partial charge on any atom is 0.417 e. The summed E-state index contributed by atoms with van der Waals surface area (Å²) < 4.78 is 53.0. The summed E-state index contributed by atoms with van der Waals surface area (Å²) in [6.07, 6.45) is -4.75. The summed E-state index contributed by atoms with van der Waals surface area (Å²) in [4.78, 5) is 0. The molecular formula is C15H9F4N.